The van der Waals surface area contributed by atoms with E-state index in [9.17, 15) is 9.59 Å². The lowest BCUT2D eigenvalue weighted by Gasteiger charge is -2.14. The van der Waals surface area contributed by atoms with Gasteiger partial charge < -0.3 is 9.30 Å². The van der Waals surface area contributed by atoms with Gasteiger partial charge in [-0.2, -0.15) is 0 Å². The zero-order valence-electron chi connectivity index (χ0n) is 16.2. The molecule has 0 saturated heterocycles. The van der Waals surface area contributed by atoms with Crippen molar-refractivity contribution in [1.29, 1.82) is 0 Å². The molecule has 30 heavy (non-hydrogen) atoms. The lowest BCUT2D eigenvalue weighted by molar-refractivity contribution is -0.134. The Morgan fingerprint density at radius 3 is 2.57 bits per heavy atom. The van der Waals surface area contributed by atoms with Crippen molar-refractivity contribution in [3.8, 4) is 5.69 Å². The molecule has 4 rings (SSSR count). The molecule has 1 aromatic heterocycles. The van der Waals surface area contributed by atoms with Crippen molar-refractivity contribution in [2.75, 3.05) is 7.11 Å². The van der Waals surface area contributed by atoms with E-state index in [2.05, 4.69) is 4.74 Å². The van der Waals surface area contributed by atoms with Gasteiger partial charge in [-0.3, -0.25) is 4.79 Å². The van der Waals surface area contributed by atoms with Crippen LogP contribution in [0, 0.1) is 0 Å². The Morgan fingerprint density at radius 1 is 0.933 bits per heavy atom. The topological polar surface area (TPSA) is 48.3 Å². The number of halogens is 1. The number of aromatic nitrogens is 1. The summed E-state index contributed by atoms with van der Waals surface area (Å²) in [5.41, 5.74) is 2.49. The third-order valence-corrected chi connectivity index (χ3v) is 5.10. The maximum atomic E-state index is 13.6. The number of ketones is 1. The number of nitrogens with zero attached hydrogens (tertiary/aromatic N) is 1. The summed E-state index contributed by atoms with van der Waals surface area (Å²) >= 11 is 6.25. The first-order valence-corrected chi connectivity index (χ1v) is 9.72. The molecule has 0 atom stereocenters. The van der Waals surface area contributed by atoms with Crippen LogP contribution < -0.4 is 0 Å². The van der Waals surface area contributed by atoms with Crippen LogP contribution >= 0.6 is 11.6 Å². The molecular weight excluding hydrogens is 398 g/mol. The number of methoxy groups -OCH3 is 1. The van der Waals surface area contributed by atoms with Crippen LogP contribution in [0.25, 0.3) is 22.5 Å². The molecule has 3 aromatic carbocycles. The highest BCUT2D eigenvalue weighted by molar-refractivity contribution is 6.31. The van der Waals surface area contributed by atoms with Crippen LogP contribution in [0.3, 0.4) is 0 Å². The lowest BCUT2D eigenvalue weighted by atomic mass is 9.96. The number of hydrogen-bond donors (Lipinski definition) is 0. The largest absolute Gasteiger partial charge is 0.466 e. The fraction of sp³-hybridized carbons (Fsp3) is 0.0400. The predicted octanol–water partition coefficient (Wildman–Crippen LogP) is 5.70. The molecule has 4 aromatic rings. The zero-order chi connectivity index (χ0) is 21.1. The van der Waals surface area contributed by atoms with Crippen molar-refractivity contribution in [3.05, 3.63) is 107 Å². The van der Waals surface area contributed by atoms with Gasteiger partial charge in [-0.1, -0.05) is 54.1 Å². The fourth-order valence-electron chi connectivity index (χ4n) is 3.44. The second-order valence-corrected chi connectivity index (χ2v) is 7.11. The number of fused-ring (bicyclic) bond motifs is 1. The van der Waals surface area contributed by atoms with E-state index in [4.69, 9.17) is 11.6 Å². The van der Waals surface area contributed by atoms with Gasteiger partial charge >= 0.3 is 5.97 Å². The Morgan fingerprint density at radius 2 is 1.73 bits per heavy atom. The quantitative estimate of drug-likeness (QED) is 0.238. The summed E-state index contributed by atoms with van der Waals surface area (Å²) in [6, 6.07) is 22.4. The molecule has 4 nitrogen and oxygen atoms in total. The Hall–Kier alpha value is -3.63. The van der Waals surface area contributed by atoms with Crippen molar-refractivity contribution >= 4 is 40.2 Å². The molecule has 148 valence electrons. The van der Waals surface area contributed by atoms with Gasteiger partial charge in [0.25, 0.3) is 0 Å². The molecule has 0 saturated carbocycles. The van der Waals surface area contributed by atoms with Crippen LogP contribution in [0.2, 0.25) is 5.02 Å². The smallest absolute Gasteiger partial charge is 0.330 e. The van der Waals surface area contributed by atoms with Crippen LogP contribution in [0.5, 0.6) is 0 Å². The summed E-state index contributed by atoms with van der Waals surface area (Å²) in [4.78, 5) is 25.1. The zero-order valence-corrected chi connectivity index (χ0v) is 17.0. The van der Waals surface area contributed by atoms with E-state index in [1.807, 2.05) is 65.4 Å². The van der Waals surface area contributed by atoms with Gasteiger partial charge in [0.05, 0.1) is 12.8 Å². The molecule has 0 radical (unpaired) electrons. The highest BCUT2D eigenvalue weighted by Crippen LogP contribution is 2.28. The Bertz CT molecular complexity index is 1280. The van der Waals surface area contributed by atoms with E-state index in [0.717, 1.165) is 16.5 Å². The van der Waals surface area contributed by atoms with Crippen LogP contribution in [0.1, 0.15) is 21.6 Å². The van der Waals surface area contributed by atoms with Gasteiger partial charge in [-0.05, 0) is 47.2 Å². The van der Waals surface area contributed by atoms with Gasteiger partial charge in [0.15, 0.2) is 5.78 Å². The second kappa shape index (κ2) is 8.39. The van der Waals surface area contributed by atoms with Gasteiger partial charge in [0, 0.05) is 34.1 Å². The summed E-state index contributed by atoms with van der Waals surface area (Å²) in [6.07, 6.45) is 4.82. The maximum absolute atomic E-state index is 13.6. The molecule has 0 aliphatic carbocycles. The van der Waals surface area contributed by atoms with Gasteiger partial charge in [-0.15, -0.1) is 0 Å². The molecule has 0 amide bonds. The van der Waals surface area contributed by atoms with Crippen molar-refractivity contribution < 1.29 is 14.3 Å². The molecule has 5 heteroatoms. The van der Waals surface area contributed by atoms with E-state index in [1.165, 1.54) is 13.2 Å². The minimum Gasteiger partial charge on any atom is -0.466 e. The Kier molecular flexibility index (Phi) is 5.50. The number of carbonyl (C=O) groups is 2. The summed E-state index contributed by atoms with van der Waals surface area (Å²) in [5, 5.41) is 2.35. The summed E-state index contributed by atoms with van der Waals surface area (Å²) in [5.74, 6) is -0.577. The Labute approximate surface area is 179 Å². The van der Waals surface area contributed by atoms with Gasteiger partial charge in [0.1, 0.15) is 0 Å². The highest BCUT2D eigenvalue weighted by atomic mass is 35.5. The summed E-state index contributed by atoms with van der Waals surface area (Å²) in [6.45, 7) is 0. The molecule has 0 aliphatic rings. The number of rotatable bonds is 5. The van der Waals surface area contributed by atoms with Crippen LogP contribution in [-0.4, -0.2) is 23.4 Å². The number of ether oxygens (including phenoxy) is 1. The van der Waals surface area contributed by atoms with Crippen molar-refractivity contribution in [2.45, 2.75) is 0 Å². The van der Waals surface area contributed by atoms with E-state index >= 15 is 0 Å². The summed E-state index contributed by atoms with van der Waals surface area (Å²) in [7, 11) is 1.33. The number of benzene rings is 3. The van der Waals surface area contributed by atoms with Crippen LogP contribution in [-0.2, 0) is 9.53 Å². The van der Waals surface area contributed by atoms with E-state index < -0.39 is 5.97 Å². The molecule has 0 unspecified atom stereocenters. The van der Waals surface area contributed by atoms with Gasteiger partial charge in [-0.25, -0.2) is 4.79 Å². The van der Waals surface area contributed by atoms with Crippen molar-refractivity contribution in [1.82, 2.24) is 4.57 Å². The maximum Gasteiger partial charge on any atom is 0.330 e. The summed E-state index contributed by atoms with van der Waals surface area (Å²) < 4.78 is 6.51. The van der Waals surface area contributed by atoms with E-state index in [0.29, 0.717) is 21.8 Å². The number of carbonyl (C=O) groups excluding carboxylic acids is 2. The molecular formula is C25H18ClNO3. The second-order valence-electron chi connectivity index (χ2n) is 6.68. The molecule has 0 N–H and O–H groups in total. The van der Waals surface area contributed by atoms with Crippen molar-refractivity contribution in [3.63, 3.8) is 0 Å². The minimum atomic E-state index is -0.453. The minimum absolute atomic E-state index is 0.124. The first-order chi connectivity index (χ1) is 14.6. The fourth-order valence-corrected chi connectivity index (χ4v) is 3.61. The average molecular weight is 416 g/mol. The predicted molar refractivity (Wildman–Crippen MR) is 119 cm³/mol. The molecule has 0 spiro atoms. The molecule has 0 bridgehead atoms. The number of hydrogen-bond acceptors (Lipinski definition) is 3. The monoisotopic (exact) mass is 415 g/mol. The third kappa shape index (κ3) is 3.78. The van der Waals surface area contributed by atoms with Crippen LogP contribution in [0.15, 0.2) is 85.1 Å². The standard InChI is InChI=1S/C25H18ClNO3/c1-30-24(28)14-12-19-8-5-15-27(19)23-13-11-18(26)16-22(23)25(29)21-10-4-7-17-6-2-3-9-20(17)21/h2-16H,1H3/b14-12+. The van der Waals surface area contributed by atoms with E-state index in [1.54, 1.807) is 24.3 Å². The van der Waals surface area contributed by atoms with E-state index in [-0.39, 0.29) is 5.78 Å². The van der Waals surface area contributed by atoms with Crippen LogP contribution in [0.4, 0.5) is 0 Å². The SMILES string of the molecule is COC(=O)/C=C/c1cccn1-c1ccc(Cl)cc1C(=O)c1cccc2ccccc12. The first kappa shape index (κ1) is 19.7. The molecule has 0 fully saturated rings. The molecule has 1 heterocycles. The lowest BCUT2D eigenvalue weighted by Crippen LogP contribution is -2.09. The highest BCUT2D eigenvalue weighted by Gasteiger charge is 2.18. The normalized spacial score (nSPS) is 11.1. The van der Waals surface area contributed by atoms with Gasteiger partial charge in [0.2, 0.25) is 0 Å². The van der Waals surface area contributed by atoms with Crippen molar-refractivity contribution in [2.24, 2.45) is 0 Å². The third-order valence-electron chi connectivity index (χ3n) is 4.87. The first-order valence-electron chi connectivity index (χ1n) is 9.34. The Balaban J connectivity index is 1.85. The number of esters is 1. The average Bonchev–Trinajstić information content (AvgIpc) is 3.25. The molecule has 0 aliphatic heterocycles.